The maximum Gasteiger partial charge on any atom is 0.256 e. The Labute approximate surface area is 275 Å². The van der Waals surface area contributed by atoms with Gasteiger partial charge < -0.3 is 18.6 Å². The van der Waals surface area contributed by atoms with Gasteiger partial charge in [-0.3, -0.25) is 0 Å². The fraction of sp³-hybridized carbons (Fsp3) is 0. The minimum absolute atomic E-state index is 0.104. The first-order chi connectivity index (χ1) is 23.8. The lowest BCUT2D eigenvalue weighted by molar-refractivity contribution is 0.487. The highest BCUT2D eigenvalue weighted by Gasteiger charge is 2.43. The van der Waals surface area contributed by atoms with Crippen molar-refractivity contribution in [3.63, 3.8) is 0 Å². The van der Waals surface area contributed by atoms with Crippen molar-refractivity contribution in [3.05, 3.63) is 133 Å². The van der Waals surface area contributed by atoms with Crippen molar-refractivity contribution in [2.45, 2.75) is 0 Å². The summed E-state index contributed by atoms with van der Waals surface area (Å²) < 4.78 is 18.3. The Balaban J connectivity index is 1.25. The average Bonchev–Trinajstić information content (AvgIpc) is 3.67. The second-order valence-electron chi connectivity index (χ2n) is 13.5. The third-order valence-corrected chi connectivity index (χ3v) is 11.4. The molecule has 4 nitrogen and oxygen atoms in total. The van der Waals surface area contributed by atoms with E-state index in [-0.39, 0.29) is 13.4 Å². The number of nitrogens with zero attached hydrogens (tertiary/aromatic N) is 2. The first-order valence-electron chi connectivity index (χ1n) is 16.7. The van der Waals surface area contributed by atoms with Gasteiger partial charge in [-0.05, 0) is 87.4 Å². The Bertz CT molecular complexity index is 2990. The Kier molecular flexibility index (Phi) is 4.04. The number of rotatable bonds is 0. The van der Waals surface area contributed by atoms with Crippen LogP contribution in [0.3, 0.4) is 0 Å². The topological polar surface area (TPSA) is 28.3 Å². The van der Waals surface area contributed by atoms with Crippen LogP contribution < -0.4 is 42.3 Å². The Morgan fingerprint density at radius 1 is 0.375 bits per heavy atom. The first kappa shape index (κ1) is 24.1. The van der Waals surface area contributed by atoms with E-state index in [0.717, 1.165) is 23.0 Å². The molecule has 218 valence electrons. The maximum atomic E-state index is 6.65. The molecular weight excluding hydrogens is 586 g/mol. The molecule has 6 heterocycles. The molecule has 6 heteroatoms. The molecule has 0 fully saturated rings. The Morgan fingerprint density at radius 2 is 0.854 bits per heavy atom. The van der Waals surface area contributed by atoms with E-state index in [0.29, 0.717) is 0 Å². The fourth-order valence-corrected chi connectivity index (χ4v) is 9.71. The minimum Gasteiger partial charge on any atom is -0.458 e. The fourth-order valence-electron chi connectivity index (χ4n) is 9.71. The molecule has 7 aromatic carbocycles. The van der Waals surface area contributed by atoms with Crippen LogP contribution in [-0.2, 0) is 0 Å². The molecule has 13 rings (SSSR count). The number of hydrogen-bond acceptors (Lipinski definition) is 2. The number of ether oxygens (including phenoxy) is 2. The Hall–Kier alpha value is -6.13. The van der Waals surface area contributed by atoms with E-state index >= 15 is 0 Å². The van der Waals surface area contributed by atoms with Crippen molar-refractivity contribution < 1.29 is 9.47 Å². The lowest BCUT2D eigenvalue weighted by atomic mass is 9.34. The van der Waals surface area contributed by atoms with Gasteiger partial charge >= 0.3 is 0 Å². The van der Waals surface area contributed by atoms with E-state index in [1.165, 1.54) is 87.8 Å². The zero-order valence-corrected chi connectivity index (χ0v) is 25.6. The molecule has 0 bridgehead atoms. The SMILES string of the molecule is c1ccc2c(c1)Oc1ccc3c4c(ccc5c6ccc7c8c6n(c54)-c4ccccc4B8c4ccccc4O7)n4c3c1B2c1ccccc1-4. The summed E-state index contributed by atoms with van der Waals surface area (Å²) in [5, 5.41) is 5.05. The second kappa shape index (κ2) is 8.04. The molecule has 4 aliphatic heterocycles. The van der Waals surface area contributed by atoms with Crippen LogP contribution in [-0.4, -0.2) is 22.6 Å². The summed E-state index contributed by atoms with van der Waals surface area (Å²) in [5.41, 5.74) is 15.0. The van der Waals surface area contributed by atoms with Gasteiger partial charge in [0.25, 0.3) is 13.4 Å². The predicted octanol–water partition coefficient (Wildman–Crippen LogP) is 5.75. The summed E-state index contributed by atoms with van der Waals surface area (Å²) in [6.45, 7) is 0.213. The van der Waals surface area contributed by atoms with E-state index in [1.54, 1.807) is 0 Å². The molecule has 0 amide bonds. The van der Waals surface area contributed by atoms with E-state index < -0.39 is 0 Å². The summed E-state index contributed by atoms with van der Waals surface area (Å²) in [5.74, 6) is 3.78. The highest BCUT2D eigenvalue weighted by atomic mass is 16.5. The van der Waals surface area contributed by atoms with Crippen LogP contribution >= 0.6 is 0 Å². The molecule has 0 saturated heterocycles. The monoisotopic (exact) mass is 608 g/mol. The molecule has 0 unspecified atom stereocenters. The van der Waals surface area contributed by atoms with Crippen molar-refractivity contribution in [1.29, 1.82) is 0 Å². The van der Waals surface area contributed by atoms with Crippen molar-refractivity contribution in [2.24, 2.45) is 0 Å². The van der Waals surface area contributed by atoms with Crippen LogP contribution in [0, 0.1) is 0 Å². The van der Waals surface area contributed by atoms with Crippen molar-refractivity contribution in [1.82, 2.24) is 9.13 Å². The minimum atomic E-state index is 0.104. The molecule has 48 heavy (non-hydrogen) atoms. The van der Waals surface area contributed by atoms with Crippen molar-refractivity contribution in [2.75, 3.05) is 0 Å². The molecule has 0 spiro atoms. The largest absolute Gasteiger partial charge is 0.458 e. The van der Waals surface area contributed by atoms with Crippen LogP contribution in [0.2, 0.25) is 0 Å². The van der Waals surface area contributed by atoms with Gasteiger partial charge in [0, 0.05) is 32.9 Å². The number of para-hydroxylation sites is 4. The van der Waals surface area contributed by atoms with Crippen LogP contribution in [0.15, 0.2) is 133 Å². The summed E-state index contributed by atoms with van der Waals surface area (Å²) in [7, 11) is 0. The second-order valence-corrected chi connectivity index (χ2v) is 13.5. The molecule has 0 atom stereocenters. The summed E-state index contributed by atoms with van der Waals surface area (Å²) in [6, 6.07) is 48.6. The van der Waals surface area contributed by atoms with E-state index in [1.807, 2.05) is 0 Å². The normalized spacial score (nSPS) is 14.1. The zero-order valence-electron chi connectivity index (χ0n) is 25.6. The molecule has 0 radical (unpaired) electrons. The molecular formula is C42H22B2N2O2. The number of aromatic nitrogens is 2. The third-order valence-electron chi connectivity index (χ3n) is 11.4. The smallest absolute Gasteiger partial charge is 0.256 e. The molecule has 0 saturated carbocycles. The number of fused-ring (bicyclic) bond motifs is 17. The lowest BCUT2D eigenvalue weighted by Gasteiger charge is -2.32. The van der Waals surface area contributed by atoms with Crippen LogP contribution in [0.5, 0.6) is 23.0 Å². The van der Waals surface area contributed by atoms with E-state index in [4.69, 9.17) is 9.47 Å². The Morgan fingerprint density at radius 3 is 1.50 bits per heavy atom. The maximum absolute atomic E-state index is 6.65. The number of hydrogen-bond donors (Lipinski definition) is 0. The van der Waals surface area contributed by atoms with E-state index in [2.05, 4.69) is 143 Å². The molecule has 9 aromatic rings. The van der Waals surface area contributed by atoms with Gasteiger partial charge in [0.1, 0.15) is 23.0 Å². The summed E-state index contributed by atoms with van der Waals surface area (Å²) >= 11 is 0. The summed E-state index contributed by atoms with van der Waals surface area (Å²) in [4.78, 5) is 0. The van der Waals surface area contributed by atoms with Crippen LogP contribution in [0.25, 0.3) is 55.0 Å². The average molecular weight is 608 g/mol. The van der Waals surface area contributed by atoms with E-state index in [9.17, 15) is 0 Å². The van der Waals surface area contributed by atoms with Crippen molar-refractivity contribution in [3.8, 4) is 34.4 Å². The highest BCUT2D eigenvalue weighted by Crippen LogP contribution is 2.45. The van der Waals surface area contributed by atoms with Gasteiger partial charge in [-0.1, -0.05) is 78.9 Å². The molecule has 0 aliphatic carbocycles. The highest BCUT2D eigenvalue weighted by molar-refractivity contribution is 7.00. The van der Waals surface area contributed by atoms with Gasteiger partial charge in [-0.15, -0.1) is 0 Å². The summed E-state index contributed by atoms with van der Waals surface area (Å²) in [6.07, 6.45) is 0. The molecule has 0 N–H and O–H groups in total. The van der Waals surface area contributed by atoms with Crippen molar-refractivity contribution >= 4 is 89.8 Å². The van der Waals surface area contributed by atoms with Gasteiger partial charge in [0.15, 0.2) is 0 Å². The van der Waals surface area contributed by atoms with Gasteiger partial charge in [-0.2, -0.15) is 0 Å². The number of benzene rings is 7. The lowest BCUT2D eigenvalue weighted by Crippen LogP contribution is -2.58. The van der Waals surface area contributed by atoms with Gasteiger partial charge in [0.2, 0.25) is 0 Å². The quantitative estimate of drug-likeness (QED) is 0.205. The molecule has 4 aliphatic rings. The van der Waals surface area contributed by atoms with Crippen LogP contribution in [0.4, 0.5) is 0 Å². The standard InChI is InChI=1S/C42H22B2N2O2/c1-5-13-30-26(9-1)43-28-11-3-7-15-33(28)48-36-22-19-25-37-32(45(30)42(25)39(36)43)20-17-23-24-18-21-35-38-41(24)46(40(23)37)31-14-6-2-10-27(31)44(38)29-12-4-8-16-34(29)47-35/h1-22H. The first-order valence-corrected chi connectivity index (χ1v) is 16.7. The predicted molar refractivity (Wildman–Crippen MR) is 197 cm³/mol. The van der Waals surface area contributed by atoms with Crippen LogP contribution in [0.1, 0.15) is 0 Å². The van der Waals surface area contributed by atoms with Gasteiger partial charge in [-0.25, -0.2) is 0 Å². The molecule has 2 aromatic heterocycles. The zero-order chi connectivity index (χ0) is 30.8. The third kappa shape index (κ3) is 2.58. The van der Waals surface area contributed by atoms with Gasteiger partial charge in [0.05, 0.1) is 22.1 Å².